The molecule has 0 radical (unpaired) electrons. The highest BCUT2D eigenvalue weighted by molar-refractivity contribution is 9.11. The molecule has 0 heterocycles. The second-order valence-electron chi connectivity index (χ2n) is 4.11. The maximum absolute atomic E-state index is 14.0. The van der Waals surface area contributed by atoms with E-state index in [9.17, 15) is 4.39 Å². The van der Waals surface area contributed by atoms with Gasteiger partial charge in [-0.05, 0) is 29.8 Å². The van der Waals surface area contributed by atoms with E-state index in [1.807, 2.05) is 18.2 Å². The Morgan fingerprint density at radius 2 is 1.75 bits per heavy atom. The predicted octanol–water partition coefficient (Wildman–Crippen LogP) is 5.09. The molecular formula is C15H13Br2FO2. The summed E-state index contributed by atoms with van der Waals surface area (Å²) in [6, 6.07) is 10.4. The lowest BCUT2D eigenvalue weighted by Gasteiger charge is -2.16. The van der Waals surface area contributed by atoms with Crippen molar-refractivity contribution in [3.8, 4) is 11.5 Å². The fourth-order valence-corrected chi connectivity index (χ4v) is 3.56. The first-order valence-corrected chi connectivity index (χ1v) is 7.59. The zero-order chi connectivity index (χ0) is 14.7. The molecule has 2 nitrogen and oxygen atoms in total. The number of benzene rings is 2. The Kier molecular flexibility index (Phi) is 5.05. The van der Waals surface area contributed by atoms with Gasteiger partial charge in [0.1, 0.15) is 5.82 Å². The van der Waals surface area contributed by atoms with Crippen LogP contribution in [0, 0.1) is 5.82 Å². The molecule has 2 rings (SSSR count). The molecule has 0 aliphatic heterocycles. The van der Waals surface area contributed by atoms with Crippen molar-refractivity contribution in [3.05, 3.63) is 57.8 Å². The minimum Gasteiger partial charge on any atom is -0.493 e. The highest BCUT2D eigenvalue weighted by Crippen LogP contribution is 2.40. The highest BCUT2D eigenvalue weighted by Gasteiger charge is 2.19. The zero-order valence-corrected chi connectivity index (χ0v) is 14.2. The maximum Gasteiger partial charge on any atom is 0.161 e. The molecule has 2 aromatic rings. The average Bonchev–Trinajstić information content (AvgIpc) is 2.46. The molecule has 0 N–H and O–H groups in total. The normalized spacial score (nSPS) is 12.1. The molecule has 0 fully saturated rings. The molecule has 106 valence electrons. The van der Waals surface area contributed by atoms with E-state index in [0.29, 0.717) is 21.5 Å². The van der Waals surface area contributed by atoms with E-state index < -0.39 is 0 Å². The Bertz CT molecular complexity index is 597. The van der Waals surface area contributed by atoms with Crippen LogP contribution in [0.3, 0.4) is 0 Å². The number of rotatable bonds is 4. The Labute approximate surface area is 134 Å². The number of hydrogen-bond donors (Lipinski definition) is 0. The lowest BCUT2D eigenvalue weighted by molar-refractivity contribution is 0.354. The van der Waals surface area contributed by atoms with Gasteiger partial charge in [0.2, 0.25) is 0 Å². The van der Waals surface area contributed by atoms with Crippen LogP contribution < -0.4 is 9.47 Å². The van der Waals surface area contributed by atoms with Crippen molar-refractivity contribution in [2.24, 2.45) is 0 Å². The van der Waals surface area contributed by atoms with Gasteiger partial charge in [-0.25, -0.2) is 4.39 Å². The van der Waals surface area contributed by atoms with Gasteiger partial charge < -0.3 is 9.47 Å². The summed E-state index contributed by atoms with van der Waals surface area (Å²) < 4.78 is 25.2. The second-order valence-corrected chi connectivity index (χ2v) is 5.88. The van der Waals surface area contributed by atoms with Gasteiger partial charge in [0.15, 0.2) is 11.5 Å². The third-order valence-electron chi connectivity index (χ3n) is 2.95. The van der Waals surface area contributed by atoms with Crippen LogP contribution in [0.15, 0.2) is 40.9 Å². The first kappa shape index (κ1) is 15.3. The van der Waals surface area contributed by atoms with Crippen LogP contribution in [-0.2, 0) is 0 Å². The number of halogens is 3. The standard InChI is InChI=1S/C15H13Br2FO2/c1-19-12-7-6-9(8-13(12)20-2)15(17)14-10(16)4-3-5-11(14)18/h3-8,15H,1-2H3. The fourth-order valence-electron chi connectivity index (χ4n) is 1.93. The van der Waals surface area contributed by atoms with Crippen molar-refractivity contribution in [2.45, 2.75) is 4.83 Å². The molecule has 0 saturated carbocycles. The van der Waals surface area contributed by atoms with Crippen molar-refractivity contribution < 1.29 is 13.9 Å². The van der Waals surface area contributed by atoms with Gasteiger partial charge >= 0.3 is 0 Å². The van der Waals surface area contributed by atoms with Crippen molar-refractivity contribution in [2.75, 3.05) is 14.2 Å². The largest absolute Gasteiger partial charge is 0.493 e. The minimum atomic E-state index is -0.280. The second kappa shape index (κ2) is 6.59. The molecule has 0 aliphatic carbocycles. The van der Waals surface area contributed by atoms with Gasteiger partial charge in [-0.1, -0.05) is 44.0 Å². The molecule has 0 aromatic heterocycles. The van der Waals surface area contributed by atoms with Gasteiger partial charge in [-0.2, -0.15) is 0 Å². The van der Waals surface area contributed by atoms with Crippen molar-refractivity contribution >= 4 is 31.9 Å². The van der Waals surface area contributed by atoms with Crippen LogP contribution in [0.25, 0.3) is 0 Å². The van der Waals surface area contributed by atoms with E-state index in [4.69, 9.17) is 9.47 Å². The van der Waals surface area contributed by atoms with Crippen LogP contribution in [-0.4, -0.2) is 14.2 Å². The van der Waals surface area contributed by atoms with E-state index in [-0.39, 0.29) is 10.6 Å². The van der Waals surface area contributed by atoms with Crippen LogP contribution in [0.5, 0.6) is 11.5 Å². The number of ether oxygens (including phenoxy) is 2. The Balaban J connectivity index is 2.46. The molecule has 1 atom stereocenters. The smallest absolute Gasteiger partial charge is 0.161 e. The highest BCUT2D eigenvalue weighted by atomic mass is 79.9. The third-order valence-corrected chi connectivity index (χ3v) is 4.63. The molecule has 2 aromatic carbocycles. The van der Waals surface area contributed by atoms with Gasteiger partial charge in [-0.15, -0.1) is 0 Å². The fraction of sp³-hybridized carbons (Fsp3) is 0.200. The Morgan fingerprint density at radius 1 is 1.05 bits per heavy atom. The summed E-state index contributed by atoms with van der Waals surface area (Å²) in [4.78, 5) is -0.280. The van der Waals surface area contributed by atoms with Crippen LogP contribution >= 0.6 is 31.9 Å². The van der Waals surface area contributed by atoms with E-state index >= 15 is 0 Å². The van der Waals surface area contributed by atoms with Gasteiger partial charge in [0.05, 0.1) is 19.0 Å². The minimum absolute atomic E-state index is 0.268. The summed E-state index contributed by atoms with van der Waals surface area (Å²) in [5.74, 6) is 0.987. The predicted molar refractivity (Wildman–Crippen MR) is 84.4 cm³/mol. The lowest BCUT2D eigenvalue weighted by atomic mass is 10.0. The van der Waals surface area contributed by atoms with Crippen LogP contribution in [0.2, 0.25) is 0 Å². The Hall–Kier alpha value is -1.07. The van der Waals surface area contributed by atoms with Gasteiger partial charge in [0, 0.05) is 10.0 Å². The first-order chi connectivity index (χ1) is 9.58. The molecule has 0 bridgehead atoms. The van der Waals surface area contributed by atoms with Gasteiger partial charge in [0.25, 0.3) is 0 Å². The monoisotopic (exact) mass is 402 g/mol. The summed E-state index contributed by atoms with van der Waals surface area (Å²) >= 11 is 6.92. The molecule has 0 amide bonds. The van der Waals surface area contributed by atoms with Crippen molar-refractivity contribution in [3.63, 3.8) is 0 Å². The van der Waals surface area contributed by atoms with Gasteiger partial charge in [-0.3, -0.25) is 0 Å². The number of alkyl halides is 1. The molecular weight excluding hydrogens is 391 g/mol. The van der Waals surface area contributed by atoms with Crippen molar-refractivity contribution in [1.29, 1.82) is 0 Å². The average molecular weight is 404 g/mol. The van der Waals surface area contributed by atoms with Crippen LogP contribution in [0.1, 0.15) is 16.0 Å². The van der Waals surface area contributed by atoms with Crippen LogP contribution in [0.4, 0.5) is 4.39 Å². The molecule has 1 unspecified atom stereocenters. The summed E-state index contributed by atoms with van der Waals surface area (Å²) in [5.41, 5.74) is 1.44. The summed E-state index contributed by atoms with van der Waals surface area (Å²) in [6.45, 7) is 0. The SMILES string of the molecule is COc1ccc(C(Br)c2c(F)cccc2Br)cc1OC. The number of hydrogen-bond acceptors (Lipinski definition) is 2. The first-order valence-electron chi connectivity index (χ1n) is 5.88. The summed E-state index contributed by atoms with van der Waals surface area (Å²) in [7, 11) is 3.15. The molecule has 20 heavy (non-hydrogen) atoms. The zero-order valence-electron chi connectivity index (χ0n) is 11.0. The molecule has 0 spiro atoms. The topological polar surface area (TPSA) is 18.5 Å². The van der Waals surface area contributed by atoms with E-state index in [0.717, 1.165) is 5.56 Å². The van der Waals surface area contributed by atoms with Crippen molar-refractivity contribution in [1.82, 2.24) is 0 Å². The molecule has 0 aliphatic rings. The van der Waals surface area contributed by atoms with E-state index in [1.165, 1.54) is 6.07 Å². The third kappa shape index (κ3) is 2.99. The molecule has 0 saturated heterocycles. The molecule has 5 heteroatoms. The summed E-state index contributed by atoms with van der Waals surface area (Å²) in [5, 5.41) is 0. The van der Waals surface area contributed by atoms with E-state index in [2.05, 4.69) is 31.9 Å². The summed E-state index contributed by atoms with van der Waals surface area (Å²) in [6.07, 6.45) is 0. The quantitative estimate of drug-likeness (QED) is 0.662. The maximum atomic E-state index is 14.0. The van der Waals surface area contributed by atoms with E-state index in [1.54, 1.807) is 26.4 Å². The Morgan fingerprint density at radius 3 is 2.35 bits per heavy atom. The number of methoxy groups -OCH3 is 2. The lowest BCUT2D eigenvalue weighted by Crippen LogP contribution is -1.99.